The first-order valence-electron chi connectivity index (χ1n) is 6.99. The maximum absolute atomic E-state index is 3.76. The molecule has 0 spiro atoms. The van der Waals surface area contributed by atoms with Gasteiger partial charge >= 0.3 is 0 Å². The fraction of sp³-hybridized carbons (Fsp3) is 0.600. The standard InChI is InChI=1S/C15H22N2/c1-2-6-13(5-1)17-11-12-9-10-16-15-8-4-3-7-14(12)15/h3-4,7-8,12-13,16-17H,1-2,5-6,9-11H2. The van der Waals surface area contributed by atoms with Crippen molar-refractivity contribution < 1.29 is 0 Å². The first-order valence-corrected chi connectivity index (χ1v) is 6.99. The molecule has 1 atom stereocenters. The Kier molecular flexibility index (Phi) is 3.32. The third-order valence-electron chi connectivity index (χ3n) is 4.22. The number of fused-ring (bicyclic) bond motifs is 1. The molecule has 1 aliphatic heterocycles. The van der Waals surface area contributed by atoms with Gasteiger partial charge in [0.2, 0.25) is 0 Å². The van der Waals surface area contributed by atoms with E-state index in [1.54, 1.807) is 0 Å². The van der Waals surface area contributed by atoms with Crippen LogP contribution in [0.5, 0.6) is 0 Å². The molecule has 1 fully saturated rings. The molecule has 1 heterocycles. The van der Waals surface area contributed by atoms with Gasteiger partial charge in [-0.2, -0.15) is 0 Å². The molecule has 0 saturated heterocycles. The molecule has 1 aliphatic carbocycles. The zero-order valence-electron chi connectivity index (χ0n) is 10.4. The molecule has 2 heteroatoms. The molecule has 0 bridgehead atoms. The van der Waals surface area contributed by atoms with Gasteiger partial charge in [-0.3, -0.25) is 0 Å². The van der Waals surface area contributed by atoms with Gasteiger partial charge in [-0.05, 0) is 30.9 Å². The van der Waals surface area contributed by atoms with Gasteiger partial charge in [-0.25, -0.2) is 0 Å². The van der Waals surface area contributed by atoms with Crippen LogP contribution in [0, 0.1) is 0 Å². The molecule has 2 nitrogen and oxygen atoms in total. The van der Waals surface area contributed by atoms with Crippen molar-refractivity contribution in [3.05, 3.63) is 29.8 Å². The zero-order valence-corrected chi connectivity index (χ0v) is 10.4. The summed E-state index contributed by atoms with van der Waals surface area (Å²) in [5.41, 5.74) is 2.85. The Morgan fingerprint density at radius 3 is 2.82 bits per heavy atom. The molecule has 0 amide bonds. The Labute approximate surface area is 104 Å². The second kappa shape index (κ2) is 5.09. The number of benzene rings is 1. The van der Waals surface area contributed by atoms with E-state index in [2.05, 4.69) is 34.9 Å². The minimum Gasteiger partial charge on any atom is -0.385 e. The third kappa shape index (κ3) is 2.47. The maximum Gasteiger partial charge on any atom is 0.0376 e. The summed E-state index contributed by atoms with van der Waals surface area (Å²) >= 11 is 0. The molecule has 2 aliphatic rings. The van der Waals surface area contributed by atoms with Crippen molar-refractivity contribution >= 4 is 5.69 Å². The molecule has 0 aromatic heterocycles. The van der Waals surface area contributed by atoms with Gasteiger partial charge in [-0.15, -0.1) is 0 Å². The Bertz CT molecular complexity index is 369. The van der Waals surface area contributed by atoms with Crippen LogP contribution in [0.25, 0.3) is 0 Å². The normalized spacial score (nSPS) is 24.4. The van der Waals surface area contributed by atoms with Crippen LogP contribution in [0.3, 0.4) is 0 Å². The molecule has 1 saturated carbocycles. The predicted molar refractivity (Wildman–Crippen MR) is 72.5 cm³/mol. The molecular weight excluding hydrogens is 208 g/mol. The van der Waals surface area contributed by atoms with Gasteiger partial charge in [0.1, 0.15) is 0 Å². The molecule has 3 rings (SSSR count). The van der Waals surface area contributed by atoms with Crippen molar-refractivity contribution in [3.8, 4) is 0 Å². The first kappa shape index (κ1) is 11.1. The summed E-state index contributed by atoms with van der Waals surface area (Å²) in [5.74, 6) is 0.702. The van der Waals surface area contributed by atoms with E-state index in [0.717, 1.165) is 19.1 Å². The van der Waals surface area contributed by atoms with Crippen LogP contribution >= 0.6 is 0 Å². The van der Waals surface area contributed by atoms with Gasteiger partial charge in [0.25, 0.3) is 0 Å². The molecule has 1 unspecified atom stereocenters. The number of rotatable bonds is 3. The van der Waals surface area contributed by atoms with E-state index >= 15 is 0 Å². The summed E-state index contributed by atoms with van der Waals surface area (Å²) < 4.78 is 0. The lowest BCUT2D eigenvalue weighted by atomic mass is 9.91. The molecule has 92 valence electrons. The number of hydrogen-bond acceptors (Lipinski definition) is 2. The summed E-state index contributed by atoms with van der Waals surface area (Å²) in [5, 5.41) is 7.26. The van der Waals surface area contributed by atoms with Crippen LogP contribution in [-0.2, 0) is 0 Å². The van der Waals surface area contributed by atoms with Crippen molar-refractivity contribution in [1.29, 1.82) is 0 Å². The van der Waals surface area contributed by atoms with Gasteiger partial charge in [0, 0.05) is 30.7 Å². The zero-order chi connectivity index (χ0) is 11.5. The topological polar surface area (TPSA) is 24.1 Å². The lowest BCUT2D eigenvalue weighted by Gasteiger charge is -2.28. The smallest absolute Gasteiger partial charge is 0.0376 e. The summed E-state index contributed by atoms with van der Waals surface area (Å²) in [6.07, 6.45) is 6.86. The summed E-state index contributed by atoms with van der Waals surface area (Å²) in [7, 11) is 0. The number of nitrogens with one attached hydrogen (secondary N) is 2. The highest BCUT2D eigenvalue weighted by atomic mass is 14.9. The van der Waals surface area contributed by atoms with Gasteiger partial charge in [0.15, 0.2) is 0 Å². The van der Waals surface area contributed by atoms with Crippen LogP contribution in [0.1, 0.15) is 43.6 Å². The van der Waals surface area contributed by atoms with Gasteiger partial charge in [0.05, 0.1) is 0 Å². The Morgan fingerprint density at radius 2 is 1.94 bits per heavy atom. The number of anilines is 1. The highest BCUT2D eigenvalue weighted by Crippen LogP contribution is 2.31. The Balaban J connectivity index is 1.64. The van der Waals surface area contributed by atoms with Crippen LogP contribution < -0.4 is 10.6 Å². The molecule has 17 heavy (non-hydrogen) atoms. The van der Waals surface area contributed by atoms with E-state index < -0.39 is 0 Å². The van der Waals surface area contributed by atoms with Crippen molar-refractivity contribution in [2.24, 2.45) is 0 Å². The minimum absolute atomic E-state index is 0.702. The van der Waals surface area contributed by atoms with E-state index in [0.29, 0.717) is 5.92 Å². The molecule has 1 aromatic rings. The Hall–Kier alpha value is -1.02. The quantitative estimate of drug-likeness (QED) is 0.833. The number of para-hydroxylation sites is 1. The lowest BCUT2D eigenvalue weighted by molar-refractivity contribution is 0.474. The molecule has 1 aromatic carbocycles. The van der Waals surface area contributed by atoms with Crippen molar-refractivity contribution in [2.75, 3.05) is 18.4 Å². The van der Waals surface area contributed by atoms with E-state index in [9.17, 15) is 0 Å². The van der Waals surface area contributed by atoms with Crippen LogP contribution in [-0.4, -0.2) is 19.1 Å². The largest absolute Gasteiger partial charge is 0.385 e. The Morgan fingerprint density at radius 1 is 1.12 bits per heavy atom. The third-order valence-corrected chi connectivity index (χ3v) is 4.22. The van der Waals surface area contributed by atoms with Crippen LogP contribution in [0.2, 0.25) is 0 Å². The van der Waals surface area contributed by atoms with E-state index in [1.807, 2.05) is 0 Å². The van der Waals surface area contributed by atoms with E-state index in [-0.39, 0.29) is 0 Å². The number of hydrogen-bond donors (Lipinski definition) is 2. The average Bonchev–Trinajstić information content (AvgIpc) is 2.89. The van der Waals surface area contributed by atoms with Crippen molar-refractivity contribution in [2.45, 2.75) is 44.1 Å². The molecular formula is C15H22N2. The average molecular weight is 230 g/mol. The highest BCUT2D eigenvalue weighted by molar-refractivity contribution is 5.54. The van der Waals surface area contributed by atoms with Crippen LogP contribution in [0.4, 0.5) is 5.69 Å². The first-order chi connectivity index (χ1) is 8.43. The fourth-order valence-electron chi connectivity index (χ4n) is 3.20. The minimum atomic E-state index is 0.702. The van der Waals surface area contributed by atoms with Crippen molar-refractivity contribution in [3.63, 3.8) is 0 Å². The summed E-state index contributed by atoms with van der Waals surface area (Å²) in [6.45, 7) is 2.28. The van der Waals surface area contributed by atoms with Crippen molar-refractivity contribution in [1.82, 2.24) is 5.32 Å². The predicted octanol–water partition coefficient (Wildman–Crippen LogP) is 3.12. The van der Waals surface area contributed by atoms with Gasteiger partial charge in [-0.1, -0.05) is 31.0 Å². The second-order valence-electron chi connectivity index (χ2n) is 5.39. The van der Waals surface area contributed by atoms with Gasteiger partial charge < -0.3 is 10.6 Å². The lowest BCUT2D eigenvalue weighted by Crippen LogP contribution is -2.32. The second-order valence-corrected chi connectivity index (χ2v) is 5.39. The maximum atomic E-state index is 3.76. The van der Waals surface area contributed by atoms with E-state index in [4.69, 9.17) is 0 Å². The van der Waals surface area contributed by atoms with Crippen LogP contribution in [0.15, 0.2) is 24.3 Å². The molecule has 2 N–H and O–H groups in total. The monoisotopic (exact) mass is 230 g/mol. The highest BCUT2D eigenvalue weighted by Gasteiger charge is 2.21. The molecule has 0 radical (unpaired) electrons. The SMILES string of the molecule is c1ccc2c(c1)NCCC2CNC1CCCC1. The fourth-order valence-corrected chi connectivity index (χ4v) is 3.20. The van der Waals surface area contributed by atoms with E-state index in [1.165, 1.54) is 43.4 Å². The summed E-state index contributed by atoms with van der Waals surface area (Å²) in [6, 6.07) is 9.56. The summed E-state index contributed by atoms with van der Waals surface area (Å²) in [4.78, 5) is 0.